The van der Waals surface area contributed by atoms with Gasteiger partial charge in [-0.15, -0.1) is 0 Å². The van der Waals surface area contributed by atoms with Crippen LogP contribution in [0.2, 0.25) is 0 Å². The van der Waals surface area contributed by atoms with Crippen molar-refractivity contribution in [1.29, 1.82) is 0 Å². The summed E-state index contributed by atoms with van der Waals surface area (Å²) in [6, 6.07) is 0. The van der Waals surface area contributed by atoms with E-state index >= 15 is 0 Å². The smallest absolute Gasteiger partial charge is 0.249 e. The number of rotatable bonds is 6. The minimum atomic E-state index is -0.285. The average molecular weight is 316 g/mol. The highest BCUT2D eigenvalue weighted by atomic mass is 19.1. The number of aromatic nitrogens is 2. The van der Waals surface area contributed by atoms with Gasteiger partial charge in [-0.05, 0) is 36.5 Å². The first-order valence-corrected chi connectivity index (χ1v) is 7.96. The zero-order valence-corrected chi connectivity index (χ0v) is 13.0. The van der Waals surface area contributed by atoms with Crippen LogP contribution in [-0.4, -0.2) is 41.5 Å². The molecule has 1 saturated carbocycles. The summed E-state index contributed by atoms with van der Waals surface area (Å²) in [6.45, 7) is 5.76. The molecule has 1 aliphatic heterocycles. The van der Waals surface area contributed by atoms with Crippen molar-refractivity contribution < 1.29 is 9.13 Å². The molecule has 1 atom stereocenters. The molecule has 1 saturated heterocycles. The van der Waals surface area contributed by atoms with Gasteiger partial charge in [0.1, 0.15) is 5.83 Å². The van der Waals surface area contributed by atoms with Gasteiger partial charge in [-0.3, -0.25) is 0 Å². The Labute approximate surface area is 135 Å². The number of nitrogens with one attached hydrogen (secondary N) is 1. The normalized spacial score (nSPS) is 22.9. The van der Waals surface area contributed by atoms with Crippen LogP contribution in [-0.2, 0) is 4.74 Å². The number of hydrogen-bond acceptors (Lipinski definition) is 5. The maximum absolute atomic E-state index is 14.1. The summed E-state index contributed by atoms with van der Waals surface area (Å²) in [5.41, 5.74) is 1.55. The molecule has 0 spiro atoms. The zero-order valence-electron chi connectivity index (χ0n) is 13.0. The van der Waals surface area contributed by atoms with Gasteiger partial charge in [0.15, 0.2) is 0 Å². The number of halogens is 1. The van der Waals surface area contributed by atoms with Gasteiger partial charge < -0.3 is 10.1 Å². The second-order valence-electron chi connectivity index (χ2n) is 5.82. The molecule has 6 heteroatoms. The molecule has 1 aliphatic carbocycles. The minimum absolute atomic E-state index is 0.139. The standard InChI is InChI=1S/C17H21FN4O/c1-2-15(7-14(18)8-16-11-19-5-6-23-16)22-17-20-9-13(10-21-17)12-3-4-12/h2,7,9-10,12,16,19H,1,3-6,8,11H2/b14-7+,22-15?. The molecule has 0 bridgehead atoms. The molecule has 2 aliphatic rings. The highest BCUT2D eigenvalue weighted by molar-refractivity contribution is 6.04. The van der Waals surface area contributed by atoms with Gasteiger partial charge in [0.2, 0.25) is 5.95 Å². The molecular formula is C17H21FN4O. The fourth-order valence-corrected chi connectivity index (χ4v) is 2.46. The van der Waals surface area contributed by atoms with E-state index in [9.17, 15) is 4.39 Å². The van der Waals surface area contributed by atoms with E-state index in [2.05, 4.69) is 26.9 Å². The number of hydrogen-bond donors (Lipinski definition) is 1. The Balaban J connectivity index is 1.64. The predicted octanol–water partition coefficient (Wildman–Crippen LogP) is 2.84. The minimum Gasteiger partial charge on any atom is -0.375 e. The molecule has 1 N–H and O–H groups in total. The van der Waals surface area contributed by atoms with Crippen molar-refractivity contribution in [3.05, 3.63) is 42.5 Å². The lowest BCUT2D eigenvalue weighted by atomic mass is 10.2. The van der Waals surface area contributed by atoms with Gasteiger partial charge in [0.25, 0.3) is 0 Å². The quantitative estimate of drug-likeness (QED) is 0.820. The maximum atomic E-state index is 14.1. The van der Waals surface area contributed by atoms with E-state index in [0.717, 1.165) is 12.1 Å². The molecule has 0 radical (unpaired) electrons. The summed E-state index contributed by atoms with van der Waals surface area (Å²) in [4.78, 5) is 12.7. The highest BCUT2D eigenvalue weighted by Crippen LogP contribution is 2.39. The molecule has 5 nitrogen and oxygen atoms in total. The van der Waals surface area contributed by atoms with Crippen molar-refractivity contribution in [1.82, 2.24) is 15.3 Å². The first kappa shape index (κ1) is 16.0. The van der Waals surface area contributed by atoms with Gasteiger partial charge in [-0.1, -0.05) is 6.58 Å². The third-order valence-corrected chi connectivity index (χ3v) is 3.88. The molecule has 0 amide bonds. The number of allylic oxidation sites excluding steroid dienone is 2. The van der Waals surface area contributed by atoms with Crippen molar-refractivity contribution in [2.45, 2.75) is 31.3 Å². The second-order valence-corrected chi connectivity index (χ2v) is 5.82. The van der Waals surface area contributed by atoms with E-state index < -0.39 is 0 Å². The SMILES string of the molecule is C=CC(/C=C(/F)CC1CNCCO1)=Nc1ncc(C2CC2)cn1. The van der Waals surface area contributed by atoms with Gasteiger partial charge in [-0.25, -0.2) is 19.4 Å². The fourth-order valence-electron chi connectivity index (χ4n) is 2.46. The highest BCUT2D eigenvalue weighted by Gasteiger charge is 2.24. The molecule has 1 aromatic rings. The van der Waals surface area contributed by atoms with Crippen LogP contribution < -0.4 is 5.32 Å². The topological polar surface area (TPSA) is 59.4 Å². The number of nitrogens with zero attached hydrogens (tertiary/aromatic N) is 3. The van der Waals surface area contributed by atoms with E-state index in [0.29, 0.717) is 30.7 Å². The number of aliphatic imine (C=N–C) groups is 1. The number of morpholine rings is 1. The molecule has 23 heavy (non-hydrogen) atoms. The Kier molecular flexibility index (Phi) is 5.25. The van der Waals surface area contributed by atoms with Crippen molar-refractivity contribution in [3.8, 4) is 0 Å². The first-order chi connectivity index (χ1) is 11.2. The molecular weight excluding hydrogens is 295 g/mol. The predicted molar refractivity (Wildman–Crippen MR) is 87.7 cm³/mol. The summed E-state index contributed by atoms with van der Waals surface area (Å²) in [6.07, 6.45) is 8.95. The Morgan fingerprint density at radius 3 is 2.83 bits per heavy atom. The van der Waals surface area contributed by atoms with Crippen LogP contribution in [0, 0.1) is 0 Å². The summed E-state index contributed by atoms with van der Waals surface area (Å²) >= 11 is 0. The Bertz CT molecular complexity index is 602. The lowest BCUT2D eigenvalue weighted by Crippen LogP contribution is -2.38. The lowest BCUT2D eigenvalue weighted by molar-refractivity contribution is 0.0263. The fraction of sp³-hybridized carbons (Fsp3) is 0.471. The van der Waals surface area contributed by atoms with Crippen LogP contribution in [0.1, 0.15) is 30.7 Å². The van der Waals surface area contributed by atoms with Gasteiger partial charge in [0, 0.05) is 31.9 Å². The molecule has 2 heterocycles. The van der Waals surface area contributed by atoms with E-state index in [-0.39, 0.29) is 18.4 Å². The molecule has 122 valence electrons. The summed E-state index contributed by atoms with van der Waals surface area (Å²) in [5.74, 6) is 0.643. The van der Waals surface area contributed by atoms with Crippen LogP contribution in [0.5, 0.6) is 0 Å². The van der Waals surface area contributed by atoms with Crippen LogP contribution in [0.3, 0.4) is 0 Å². The Morgan fingerprint density at radius 2 is 2.22 bits per heavy atom. The van der Waals surface area contributed by atoms with Crippen molar-refractivity contribution in [3.63, 3.8) is 0 Å². The summed E-state index contributed by atoms with van der Waals surface area (Å²) in [5, 5.41) is 3.18. The lowest BCUT2D eigenvalue weighted by Gasteiger charge is -2.22. The van der Waals surface area contributed by atoms with Crippen molar-refractivity contribution in [2.75, 3.05) is 19.7 Å². The maximum Gasteiger partial charge on any atom is 0.249 e. The van der Waals surface area contributed by atoms with E-state index in [1.807, 2.05) is 0 Å². The van der Waals surface area contributed by atoms with Gasteiger partial charge >= 0.3 is 0 Å². The largest absolute Gasteiger partial charge is 0.375 e. The summed E-state index contributed by atoms with van der Waals surface area (Å²) < 4.78 is 19.6. The molecule has 2 fully saturated rings. The van der Waals surface area contributed by atoms with Crippen molar-refractivity contribution in [2.24, 2.45) is 4.99 Å². The monoisotopic (exact) mass is 316 g/mol. The number of ether oxygens (including phenoxy) is 1. The Hall–Kier alpha value is -1.92. The molecule has 3 rings (SSSR count). The van der Waals surface area contributed by atoms with Crippen LogP contribution >= 0.6 is 0 Å². The molecule has 0 aromatic carbocycles. The van der Waals surface area contributed by atoms with Crippen LogP contribution in [0.15, 0.2) is 41.9 Å². The van der Waals surface area contributed by atoms with Crippen molar-refractivity contribution >= 4 is 11.7 Å². The molecule has 1 aromatic heterocycles. The first-order valence-electron chi connectivity index (χ1n) is 7.96. The second kappa shape index (κ2) is 7.57. The third-order valence-electron chi connectivity index (χ3n) is 3.88. The third kappa shape index (κ3) is 4.77. The van der Waals surface area contributed by atoms with Crippen LogP contribution in [0.25, 0.3) is 0 Å². The van der Waals surface area contributed by atoms with Crippen LogP contribution in [0.4, 0.5) is 10.3 Å². The average Bonchev–Trinajstić information content (AvgIpc) is 3.41. The van der Waals surface area contributed by atoms with Gasteiger partial charge in [0.05, 0.1) is 18.4 Å². The zero-order chi connectivity index (χ0) is 16.1. The van der Waals surface area contributed by atoms with E-state index in [1.54, 1.807) is 12.4 Å². The molecule has 1 unspecified atom stereocenters. The van der Waals surface area contributed by atoms with E-state index in [4.69, 9.17) is 4.74 Å². The Morgan fingerprint density at radius 1 is 1.43 bits per heavy atom. The van der Waals surface area contributed by atoms with Gasteiger partial charge in [-0.2, -0.15) is 0 Å². The summed E-state index contributed by atoms with van der Waals surface area (Å²) in [7, 11) is 0. The van der Waals surface area contributed by atoms with E-state index in [1.165, 1.54) is 25.0 Å².